The Morgan fingerprint density at radius 1 is 1.15 bits per heavy atom. The minimum atomic E-state index is -4.36. The smallest absolute Gasteiger partial charge is 0.377 e. The monoisotopic (exact) mass is 310 g/mol. The lowest BCUT2D eigenvalue weighted by Gasteiger charge is -2.38. The van der Waals surface area contributed by atoms with E-state index in [9.17, 15) is 8.42 Å². The van der Waals surface area contributed by atoms with Crippen molar-refractivity contribution in [1.29, 1.82) is 0 Å². The molecule has 0 aromatic heterocycles. The molecule has 1 aliphatic rings. The summed E-state index contributed by atoms with van der Waals surface area (Å²) in [4.78, 5) is 0. The molecule has 1 fully saturated rings. The van der Waals surface area contributed by atoms with Gasteiger partial charge in [0, 0.05) is 0 Å². The van der Waals surface area contributed by atoms with Gasteiger partial charge in [-0.1, -0.05) is 20.8 Å². The van der Waals surface area contributed by atoms with Crippen LogP contribution in [0, 0.1) is 11.3 Å². The van der Waals surface area contributed by atoms with Crippen molar-refractivity contribution in [1.82, 2.24) is 0 Å². The minimum Gasteiger partial charge on any atom is -0.377 e. The van der Waals surface area contributed by atoms with Crippen LogP contribution in [0.2, 0.25) is 0 Å². The molecule has 0 bridgehead atoms. The molecule has 0 saturated heterocycles. The molecule has 2 unspecified atom stereocenters. The van der Waals surface area contributed by atoms with Crippen LogP contribution in [0.15, 0.2) is 0 Å². The van der Waals surface area contributed by atoms with E-state index in [4.69, 9.17) is 14.0 Å². The molecule has 0 amide bonds. The predicted octanol–water partition coefficient (Wildman–Crippen LogP) is 2.05. The number of hydrogen-bond donors (Lipinski definition) is 1. The third-order valence-corrected chi connectivity index (χ3v) is 3.85. The summed E-state index contributed by atoms with van der Waals surface area (Å²) in [5.41, 5.74) is 0.326. The summed E-state index contributed by atoms with van der Waals surface area (Å²) < 4.78 is 44.0. The Balaban J connectivity index is 2.06. The molecular weight excluding hydrogens is 284 g/mol. The Kier molecular flexibility index (Phi) is 6.87. The van der Waals surface area contributed by atoms with E-state index in [1.165, 1.54) is 6.42 Å². The van der Waals surface area contributed by atoms with Gasteiger partial charge in [-0.25, -0.2) is 4.18 Å². The highest BCUT2D eigenvalue weighted by molar-refractivity contribution is 7.80. The van der Waals surface area contributed by atoms with Gasteiger partial charge < -0.3 is 9.47 Å². The van der Waals surface area contributed by atoms with Crippen molar-refractivity contribution in [2.45, 2.75) is 46.1 Å². The van der Waals surface area contributed by atoms with Gasteiger partial charge in [0.2, 0.25) is 0 Å². The second kappa shape index (κ2) is 7.70. The Morgan fingerprint density at radius 3 is 2.40 bits per heavy atom. The zero-order valence-electron chi connectivity index (χ0n) is 12.5. The standard InChI is InChI=1S/C13H26O6S/c1-11-8-12(10-13(2,3)9-11)18-6-4-17-5-7-19-20(14,15)16/h11-12H,4-10H2,1-3H3,(H,14,15,16). The number of ether oxygens (including phenoxy) is 2. The fourth-order valence-corrected chi connectivity index (χ4v) is 3.24. The minimum absolute atomic E-state index is 0.107. The quantitative estimate of drug-likeness (QED) is 0.546. The molecule has 0 aromatic carbocycles. The summed E-state index contributed by atoms with van der Waals surface area (Å²) in [5.74, 6) is 0.674. The lowest BCUT2D eigenvalue weighted by Crippen LogP contribution is -2.33. The van der Waals surface area contributed by atoms with Crippen LogP contribution in [0.5, 0.6) is 0 Å². The van der Waals surface area contributed by atoms with Gasteiger partial charge in [0.1, 0.15) is 0 Å². The van der Waals surface area contributed by atoms with Gasteiger partial charge in [-0.05, 0) is 30.6 Å². The summed E-state index contributed by atoms with van der Waals surface area (Å²) in [6, 6.07) is 0. The normalized spacial score (nSPS) is 26.6. The fraction of sp³-hybridized carbons (Fsp3) is 1.00. The molecule has 1 rings (SSSR count). The molecule has 1 saturated carbocycles. The fourth-order valence-electron chi connectivity index (χ4n) is 2.96. The Labute approximate surface area is 121 Å². The average molecular weight is 310 g/mol. The molecule has 2 atom stereocenters. The molecule has 20 heavy (non-hydrogen) atoms. The van der Waals surface area contributed by atoms with E-state index in [1.54, 1.807) is 0 Å². The molecule has 7 heteroatoms. The maximum atomic E-state index is 10.3. The Bertz CT molecular complexity index is 378. The lowest BCUT2D eigenvalue weighted by molar-refractivity contribution is -0.0465. The van der Waals surface area contributed by atoms with Gasteiger partial charge in [0.25, 0.3) is 0 Å². The van der Waals surface area contributed by atoms with Crippen LogP contribution in [0.1, 0.15) is 40.0 Å². The maximum Gasteiger partial charge on any atom is 0.397 e. The predicted molar refractivity (Wildman–Crippen MR) is 74.9 cm³/mol. The summed E-state index contributed by atoms with van der Waals surface area (Å²) in [6.07, 6.45) is 3.64. The zero-order valence-corrected chi connectivity index (χ0v) is 13.3. The van der Waals surface area contributed by atoms with Crippen molar-refractivity contribution in [3.63, 3.8) is 0 Å². The van der Waals surface area contributed by atoms with Crippen molar-refractivity contribution in [3.8, 4) is 0 Å². The van der Waals surface area contributed by atoms with Crippen molar-refractivity contribution >= 4 is 10.4 Å². The van der Waals surface area contributed by atoms with Crippen LogP contribution in [0.3, 0.4) is 0 Å². The Morgan fingerprint density at radius 2 is 1.80 bits per heavy atom. The van der Waals surface area contributed by atoms with E-state index < -0.39 is 10.4 Å². The highest BCUT2D eigenvalue weighted by atomic mass is 32.3. The van der Waals surface area contributed by atoms with Crippen molar-refractivity contribution in [2.24, 2.45) is 11.3 Å². The van der Waals surface area contributed by atoms with E-state index in [-0.39, 0.29) is 19.3 Å². The summed E-state index contributed by atoms with van der Waals surface area (Å²) in [7, 11) is -4.36. The van der Waals surface area contributed by atoms with E-state index >= 15 is 0 Å². The second-order valence-corrected chi connectivity index (χ2v) is 7.36. The first-order valence-electron chi connectivity index (χ1n) is 6.99. The number of rotatable bonds is 8. The average Bonchev–Trinajstić information content (AvgIpc) is 2.23. The SMILES string of the molecule is CC1CC(OCCOCCOS(=O)(=O)O)CC(C)(C)C1. The Hall–Kier alpha value is -0.210. The molecule has 0 heterocycles. The van der Waals surface area contributed by atoms with Gasteiger partial charge in [0.05, 0.1) is 32.5 Å². The molecular formula is C13H26O6S. The second-order valence-electron chi connectivity index (χ2n) is 6.27. The van der Waals surface area contributed by atoms with Gasteiger partial charge in [-0.3, -0.25) is 4.55 Å². The summed E-state index contributed by atoms with van der Waals surface area (Å²) in [6.45, 7) is 7.58. The molecule has 6 nitrogen and oxygen atoms in total. The van der Waals surface area contributed by atoms with Gasteiger partial charge in [-0.15, -0.1) is 0 Å². The lowest BCUT2D eigenvalue weighted by atomic mass is 9.71. The van der Waals surface area contributed by atoms with Gasteiger partial charge in [0.15, 0.2) is 0 Å². The highest BCUT2D eigenvalue weighted by Crippen LogP contribution is 2.39. The van der Waals surface area contributed by atoms with Crippen LogP contribution in [-0.2, 0) is 24.1 Å². The van der Waals surface area contributed by atoms with Crippen LogP contribution < -0.4 is 0 Å². The van der Waals surface area contributed by atoms with E-state index in [2.05, 4.69) is 25.0 Å². The van der Waals surface area contributed by atoms with Crippen LogP contribution in [-0.4, -0.2) is 45.5 Å². The molecule has 0 radical (unpaired) electrons. The third kappa shape index (κ3) is 8.16. The molecule has 0 aromatic rings. The maximum absolute atomic E-state index is 10.3. The number of hydrogen-bond acceptors (Lipinski definition) is 5. The first-order chi connectivity index (χ1) is 9.18. The molecule has 0 aliphatic heterocycles. The van der Waals surface area contributed by atoms with Crippen molar-refractivity contribution < 1.29 is 26.6 Å². The molecule has 120 valence electrons. The van der Waals surface area contributed by atoms with Gasteiger partial charge in [-0.2, -0.15) is 8.42 Å². The molecule has 1 N–H and O–H groups in total. The zero-order chi connectivity index (χ0) is 15.2. The molecule has 0 spiro atoms. The topological polar surface area (TPSA) is 82.1 Å². The molecule has 1 aliphatic carbocycles. The first-order valence-corrected chi connectivity index (χ1v) is 8.36. The summed E-state index contributed by atoms with van der Waals surface area (Å²) >= 11 is 0. The van der Waals surface area contributed by atoms with Gasteiger partial charge >= 0.3 is 10.4 Å². The van der Waals surface area contributed by atoms with Crippen LogP contribution in [0.4, 0.5) is 0 Å². The summed E-state index contributed by atoms with van der Waals surface area (Å²) in [5, 5.41) is 0. The third-order valence-electron chi connectivity index (χ3n) is 3.39. The largest absolute Gasteiger partial charge is 0.397 e. The van der Waals surface area contributed by atoms with E-state index in [0.29, 0.717) is 24.5 Å². The van der Waals surface area contributed by atoms with Crippen LogP contribution >= 0.6 is 0 Å². The first kappa shape index (κ1) is 17.8. The van der Waals surface area contributed by atoms with E-state index in [0.717, 1.165) is 12.8 Å². The highest BCUT2D eigenvalue weighted by Gasteiger charge is 2.32. The van der Waals surface area contributed by atoms with Crippen molar-refractivity contribution in [2.75, 3.05) is 26.4 Å². The van der Waals surface area contributed by atoms with Crippen molar-refractivity contribution in [3.05, 3.63) is 0 Å². The van der Waals surface area contributed by atoms with E-state index in [1.807, 2.05) is 0 Å². The van der Waals surface area contributed by atoms with Crippen LogP contribution in [0.25, 0.3) is 0 Å².